The van der Waals surface area contributed by atoms with Gasteiger partial charge in [0.1, 0.15) is 11.6 Å². The van der Waals surface area contributed by atoms with Crippen LogP contribution >= 0.6 is 23.2 Å². The lowest BCUT2D eigenvalue weighted by Gasteiger charge is -2.13. The zero-order chi connectivity index (χ0) is 18.7. The van der Waals surface area contributed by atoms with E-state index in [2.05, 4.69) is 23.7 Å². The summed E-state index contributed by atoms with van der Waals surface area (Å²) in [5.74, 6) is -0.513. The van der Waals surface area contributed by atoms with Crippen molar-refractivity contribution in [2.45, 2.75) is 33.7 Å². The summed E-state index contributed by atoms with van der Waals surface area (Å²) in [7, 11) is 0. The molecule has 130 valence electrons. The van der Waals surface area contributed by atoms with Gasteiger partial charge < -0.3 is 9.88 Å². The number of amides is 1. The number of rotatable bonds is 4. The Labute approximate surface area is 157 Å². The first-order chi connectivity index (χ1) is 11.7. The van der Waals surface area contributed by atoms with Gasteiger partial charge in [0.05, 0.1) is 10.7 Å². The Hall–Kier alpha value is -2.22. The van der Waals surface area contributed by atoms with Crippen LogP contribution in [-0.2, 0) is 4.79 Å². The molecule has 2 rings (SSSR count). The van der Waals surface area contributed by atoms with Gasteiger partial charge in [0.25, 0.3) is 5.91 Å². The van der Waals surface area contributed by atoms with Crippen molar-refractivity contribution in [3.63, 3.8) is 0 Å². The summed E-state index contributed by atoms with van der Waals surface area (Å²) >= 11 is 11.9. The number of anilines is 1. The average molecular weight is 376 g/mol. The number of hydrogen-bond donors (Lipinski definition) is 1. The number of halogens is 2. The highest BCUT2D eigenvalue weighted by molar-refractivity contribution is 6.36. The third-order valence-electron chi connectivity index (χ3n) is 3.88. The summed E-state index contributed by atoms with van der Waals surface area (Å²) < 4.78 is 2.16. The van der Waals surface area contributed by atoms with Crippen LogP contribution in [0.2, 0.25) is 10.0 Å². The molecule has 0 aliphatic rings. The third kappa shape index (κ3) is 4.25. The van der Waals surface area contributed by atoms with Crippen LogP contribution in [0.3, 0.4) is 0 Å². The first kappa shape index (κ1) is 19.1. The van der Waals surface area contributed by atoms with Gasteiger partial charge in [0, 0.05) is 22.5 Å². The first-order valence-corrected chi connectivity index (χ1v) is 8.56. The Morgan fingerprint density at radius 3 is 2.48 bits per heavy atom. The zero-order valence-electron chi connectivity index (χ0n) is 14.5. The van der Waals surface area contributed by atoms with Crippen molar-refractivity contribution in [1.82, 2.24) is 4.57 Å². The third-order valence-corrected chi connectivity index (χ3v) is 4.43. The standard InChI is InChI=1S/C19H19Cl2N3O/c1-11(2)24-12(3)7-14(13(24)4)8-15(10-22)19(25)23-18-6-5-16(20)9-17(18)21/h5-9,11H,1-4H3,(H,23,25)/b15-8+. The van der Waals surface area contributed by atoms with Gasteiger partial charge in [-0.25, -0.2) is 0 Å². The quantitative estimate of drug-likeness (QED) is 0.563. The predicted molar refractivity (Wildman–Crippen MR) is 103 cm³/mol. The SMILES string of the molecule is Cc1cc(/C=C(\C#N)C(=O)Nc2ccc(Cl)cc2Cl)c(C)n1C(C)C. The topological polar surface area (TPSA) is 57.8 Å². The van der Waals surface area contributed by atoms with E-state index in [1.54, 1.807) is 18.2 Å². The molecule has 0 fully saturated rings. The van der Waals surface area contributed by atoms with Crippen LogP contribution in [0.4, 0.5) is 5.69 Å². The number of carbonyl (C=O) groups is 1. The smallest absolute Gasteiger partial charge is 0.266 e. The fraction of sp³-hybridized carbons (Fsp3) is 0.263. The summed E-state index contributed by atoms with van der Waals surface area (Å²) in [6.07, 6.45) is 1.60. The van der Waals surface area contributed by atoms with Crippen molar-refractivity contribution >= 4 is 40.9 Å². The fourth-order valence-electron chi connectivity index (χ4n) is 2.83. The molecule has 2 aromatic rings. The molecular weight excluding hydrogens is 357 g/mol. The molecule has 1 aromatic heterocycles. The van der Waals surface area contributed by atoms with Crippen LogP contribution in [0.25, 0.3) is 6.08 Å². The number of hydrogen-bond acceptors (Lipinski definition) is 2. The highest BCUT2D eigenvalue weighted by Gasteiger charge is 2.15. The molecule has 1 amide bonds. The molecular formula is C19H19Cl2N3O. The van der Waals surface area contributed by atoms with Crippen molar-refractivity contribution in [2.24, 2.45) is 0 Å². The van der Waals surface area contributed by atoms with Gasteiger partial charge in [0.15, 0.2) is 0 Å². The lowest BCUT2D eigenvalue weighted by Crippen LogP contribution is -2.13. The second-order valence-corrected chi connectivity index (χ2v) is 6.88. The van der Waals surface area contributed by atoms with E-state index in [9.17, 15) is 10.1 Å². The number of carbonyl (C=O) groups excluding carboxylic acids is 1. The molecule has 0 bridgehead atoms. The number of aromatic nitrogens is 1. The average Bonchev–Trinajstić information content (AvgIpc) is 2.81. The highest BCUT2D eigenvalue weighted by atomic mass is 35.5. The van der Waals surface area contributed by atoms with Gasteiger partial charge in [-0.3, -0.25) is 4.79 Å². The lowest BCUT2D eigenvalue weighted by molar-refractivity contribution is -0.112. The van der Waals surface area contributed by atoms with Gasteiger partial charge in [0.2, 0.25) is 0 Å². The molecule has 6 heteroatoms. The maximum absolute atomic E-state index is 12.4. The van der Waals surface area contributed by atoms with Crippen LogP contribution in [-0.4, -0.2) is 10.5 Å². The molecule has 0 saturated carbocycles. The monoisotopic (exact) mass is 375 g/mol. The number of nitrogens with zero attached hydrogens (tertiary/aromatic N) is 2. The predicted octanol–water partition coefficient (Wildman–Crippen LogP) is 5.54. The van der Waals surface area contributed by atoms with Gasteiger partial charge in [-0.15, -0.1) is 0 Å². The summed E-state index contributed by atoms with van der Waals surface area (Å²) in [6, 6.07) is 8.98. The van der Waals surface area contributed by atoms with Crippen molar-refractivity contribution in [3.05, 3.63) is 56.8 Å². The summed E-state index contributed by atoms with van der Waals surface area (Å²) in [5.41, 5.74) is 3.36. The zero-order valence-corrected chi connectivity index (χ0v) is 16.0. The van der Waals surface area contributed by atoms with Crippen molar-refractivity contribution in [3.8, 4) is 6.07 Å². The molecule has 1 N–H and O–H groups in total. The molecule has 0 radical (unpaired) electrons. The largest absolute Gasteiger partial charge is 0.346 e. The second-order valence-electron chi connectivity index (χ2n) is 6.04. The first-order valence-electron chi connectivity index (χ1n) is 7.81. The minimum Gasteiger partial charge on any atom is -0.346 e. The number of nitriles is 1. The van der Waals surface area contributed by atoms with E-state index in [1.165, 1.54) is 6.07 Å². The molecule has 1 aromatic carbocycles. The summed E-state index contributed by atoms with van der Waals surface area (Å²) in [6.45, 7) is 8.16. The molecule has 1 heterocycles. The van der Waals surface area contributed by atoms with Crippen LogP contribution in [0.1, 0.15) is 36.8 Å². The molecule has 25 heavy (non-hydrogen) atoms. The van der Waals surface area contributed by atoms with E-state index in [0.717, 1.165) is 17.0 Å². The van der Waals surface area contributed by atoms with E-state index >= 15 is 0 Å². The van der Waals surface area contributed by atoms with E-state index in [-0.39, 0.29) is 5.57 Å². The maximum atomic E-state index is 12.4. The minimum atomic E-state index is -0.513. The van der Waals surface area contributed by atoms with Gasteiger partial charge in [-0.2, -0.15) is 5.26 Å². The lowest BCUT2D eigenvalue weighted by atomic mass is 10.1. The molecule has 0 atom stereocenters. The van der Waals surface area contributed by atoms with E-state index in [0.29, 0.717) is 21.8 Å². The molecule has 0 aliphatic heterocycles. The van der Waals surface area contributed by atoms with Crippen LogP contribution < -0.4 is 5.32 Å². The Kier molecular flexibility index (Phi) is 5.94. The molecule has 0 spiro atoms. The Morgan fingerprint density at radius 2 is 1.96 bits per heavy atom. The van der Waals surface area contributed by atoms with E-state index in [1.807, 2.05) is 26.0 Å². The molecule has 0 aliphatic carbocycles. The number of aryl methyl sites for hydroxylation is 1. The maximum Gasteiger partial charge on any atom is 0.266 e. The molecule has 4 nitrogen and oxygen atoms in total. The van der Waals surface area contributed by atoms with E-state index in [4.69, 9.17) is 23.2 Å². The number of benzene rings is 1. The minimum absolute atomic E-state index is 0.00928. The molecule has 0 saturated heterocycles. The van der Waals surface area contributed by atoms with Gasteiger partial charge in [-0.1, -0.05) is 23.2 Å². The fourth-order valence-corrected chi connectivity index (χ4v) is 3.28. The highest BCUT2D eigenvalue weighted by Crippen LogP contribution is 2.26. The Bertz CT molecular complexity index is 889. The van der Waals surface area contributed by atoms with Crippen molar-refractivity contribution < 1.29 is 4.79 Å². The van der Waals surface area contributed by atoms with Crippen LogP contribution in [0, 0.1) is 25.2 Å². The van der Waals surface area contributed by atoms with Gasteiger partial charge in [-0.05, 0) is 63.6 Å². The summed E-state index contributed by atoms with van der Waals surface area (Å²) in [4.78, 5) is 12.4. The van der Waals surface area contributed by atoms with Crippen molar-refractivity contribution in [1.29, 1.82) is 5.26 Å². The van der Waals surface area contributed by atoms with Crippen LogP contribution in [0.15, 0.2) is 29.8 Å². The van der Waals surface area contributed by atoms with Crippen molar-refractivity contribution in [2.75, 3.05) is 5.32 Å². The second kappa shape index (κ2) is 7.77. The molecule has 0 unspecified atom stereocenters. The van der Waals surface area contributed by atoms with Gasteiger partial charge >= 0.3 is 0 Å². The number of nitrogens with one attached hydrogen (secondary N) is 1. The summed E-state index contributed by atoms with van der Waals surface area (Å²) in [5, 5.41) is 12.8. The Balaban J connectivity index is 2.33. The Morgan fingerprint density at radius 1 is 1.28 bits per heavy atom. The van der Waals surface area contributed by atoms with Crippen LogP contribution in [0.5, 0.6) is 0 Å². The van der Waals surface area contributed by atoms with E-state index < -0.39 is 5.91 Å². The normalized spacial score (nSPS) is 11.5.